The van der Waals surface area contributed by atoms with Crippen LogP contribution >= 0.6 is 0 Å². The first kappa shape index (κ1) is 19.7. The van der Waals surface area contributed by atoms with E-state index >= 15 is 0 Å². The van der Waals surface area contributed by atoms with Crippen molar-refractivity contribution in [2.75, 3.05) is 5.32 Å². The highest BCUT2D eigenvalue weighted by atomic mass is 19.4. The topological polar surface area (TPSA) is 81.4 Å². The Morgan fingerprint density at radius 2 is 1.83 bits per heavy atom. The Balaban J connectivity index is 1.61. The summed E-state index contributed by atoms with van der Waals surface area (Å²) >= 11 is 0. The number of pyridine rings is 2. The summed E-state index contributed by atoms with van der Waals surface area (Å²) in [5.41, 5.74) is 3.46. The van der Waals surface area contributed by atoms with E-state index in [-0.39, 0.29) is 0 Å². The Bertz CT molecular complexity index is 1180. The summed E-state index contributed by atoms with van der Waals surface area (Å²) in [6.45, 7) is 3.00. The van der Waals surface area contributed by atoms with Gasteiger partial charge in [-0.3, -0.25) is 9.67 Å². The predicted molar refractivity (Wildman–Crippen MR) is 106 cm³/mol. The van der Waals surface area contributed by atoms with Crippen molar-refractivity contribution in [3.05, 3.63) is 54.6 Å². The molecule has 10 heteroatoms. The van der Waals surface area contributed by atoms with Crippen LogP contribution in [0.1, 0.15) is 25.3 Å². The Morgan fingerprint density at radius 1 is 1.00 bits per heavy atom. The Kier molecular flexibility index (Phi) is 5.06. The summed E-state index contributed by atoms with van der Waals surface area (Å²) in [6, 6.07) is 7.26. The normalized spacial score (nSPS) is 11.9. The molecule has 4 aromatic rings. The molecule has 0 saturated heterocycles. The van der Waals surface area contributed by atoms with E-state index in [2.05, 4.69) is 44.4 Å². The molecule has 0 atom stereocenters. The summed E-state index contributed by atoms with van der Waals surface area (Å²) in [7, 11) is 0. The molecule has 0 aromatic carbocycles. The van der Waals surface area contributed by atoms with Crippen LogP contribution in [-0.4, -0.2) is 36.1 Å². The second kappa shape index (κ2) is 7.69. The molecular formula is C20H18F3N7. The summed E-state index contributed by atoms with van der Waals surface area (Å²) in [4.78, 5) is 8.90. The molecule has 0 aliphatic heterocycles. The van der Waals surface area contributed by atoms with E-state index in [1.54, 1.807) is 30.6 Å². The van der Waals surface area contributed by atoms with Gasteiger partial charge in [0, 0.05) is 23.5 Å². The highest BCUT2D eigenvalue weighted by Crippen LogP contribution is 2.25. The molecule has 4 heterocycles. The van der Waals surface area contributed by atoms with Gasteiger partial charge in [-0.25, -0.2) is 4.98 Å². The monoisotopic (exact) mass is 413 g/mol. The molecule has 0 aliphatic rings. The number of aromatic nitrogens is 6. The third kappa shape index (κ3) is 4.53. The van der Waals surface area contributed by atoms with Crippen molar-refractivity contribution in [1.29, 1.82) is 0 Å². The number of fused-ring (bicyclic) bond motifs is 1. The highest BCUT2D eigenvalue weighted by molar-refractivity contribution is 5.81. The van der Waals surface area contributed by atoms with Gasteiger partial charge >= 0.3 is 6.18 Å². The highest BCUT2D eigenvalue weighted by Gasteiger charge is 2.28. The third-order valence-electron chi connectivity index (χ3n) is 4.44. The van der Waals surface area contributed by atoms with Gasteiger partial charge in [0.1, 0.15) is 12.4 Å². The van der Waals surface area contributed by atoms with E-state index < -0.39 is 12.7 Å². The molecule has 7 nitrogen and oxygen atoms in total. The molecule has 0 spiro atoms. The van der Waals surface area contributed by atoms with E-state index in [1.807, 2.05) is 6.07 Å². The number of hydrogen-bond donors (Lipinski definition) is 1. The second-order valence-corrected chi connectivity index (χ2v) is 7.15. The maximum atomic E-state index is 12.6. The largest absolute Gasteiger partial charge is 0.408 e. The fourth-order valence-corrected chi connectivity index (χ4v) is 2.91. The molecule has 0 aliphatic carbocycles. The maximum absolute atomic E-state index is 12.6. The molecule has 0 saturated carbocycles. The zero-order valence-corrected chi connectivity index (χ0v) is 16.2. The summed E-state index contributed by atoms with van der Waals surface area (Å²) in [5, 5.41) is 15.0. The van der Waals surface area contributed by atoms with Gasteiger partial charge < -0.3 is 5.32 Å². The van der Waals surface area contributed by atoms with Crippen molar-refractivity contribution in [3.8, 4) is 11.1 Å². The number of alkyl halides is 3. The van der Waals surface area contributed by atoms with Gasteiger partial charge in [-0.05, 0) is 35.7 Å². The molecule has 0 bridgehead atoms. The summed E-state index contributed by atoms with van der Waals surface area (Å²) in [5.74, 6) is 1.45. The van der Waals surface area contributed by atoms with E-state index in [1.165, 1.54) is 12.4 Å². The fourth-order valence-electron chi connectivity index (χ4n) is 2.91. The van der Waals surface area contributed by atoms with Gasteiger partial charge in [0.2, 0.25) is 0 Å². The van der Waals surface area contributed by atoms with Crippen molar-refractivity contribution in [1.82, 2.24) is 29.9 Å². The molecule has 0 fully saturated rings. The van der Waals surface area contributed by atoms with Crippen LogP contribution in [0.5, 0.6) is 0 Å². The molecular weight excluding hydrogens is 395 g/mol. The van der Waals surface area contributed by atoms with Crippen LogP contribution in [0.15, 0.2) is 49.1 Å². The lowest BCUT2D eigenvalue weighted by Crippen LogP contribution is -2.17. The van der Waals surface area contributed by atoms with Gasteiger partial charge in [-0.2, -0.15) is 23.4 Å². The molecule has 154 valence electrons. The van der Waals surface area contributed by atoms with Crippen LogP contribution in [-0.2, 0) is 6.54 Å². The first-order valence-electron chi connectivity index (χ1n) is 9.23. The number of halogens is 3. The number of nitrogens with one attached hydrogen (secondary N) is 1. The minimum atomic E-state index is -4.33. The van der Waals surface area contributed by atoms with Crippen molar-refractivity contribution >= 4 is 22.7 Å². The van der Waals surface area contributed by atoms with Gasteiger partial charge in [0.15, 0.2) is 5.82 Å². The smallest absolute Gasteiger partial charge is 0.323 e. The van der Waals surface area contributed by atoms with Crippen LogP contribution in [0.3, 0.4) is 0 Å². The lowest BCUT2D eigenvalue weighted by Gasteiger charge is -2.09. The second-order valence-electron chi connectivity index (χ2n) is 7.15. The van der Waals surface area contributed by atoms with E-state index in [0.29, 0.717) is 39.7 Å². The first-order chi connectivity index (χ1) is 14.3. The lowest BCUT2D eigenvalue weighted by molar-refractivity contribution is -0.142. The lowest BCUT2D eigenvalue weighted by atomic mass is 10.1. The zero-order chi connectivity index (χ0) is 21.3. The Labute approximate surface area is 170 Å². The van der Waals surface area contributed by atoms with Crippen molar-refractivity contribution in [2.45, 2.75) is 32.5 Å². The number of anilines is 2. The standard InChI is InChI=1S/C20H18F3N7/c1-12(2)13-6-19(29-25-8-13)28-18-4-3-16-17(27-18)5-14(7-24-16)15-9-26-30(10-15)11-20(21,22)23/h3-10,12H,11H2,1-2H3,(H,27,28,29). The molecule has 4 aromatic heterocycles. The predicted octanol–water partition coefficient (Wildman–Crippen LogP) is 4.71. The zero-order valence-electron chi connectivity index (χ0n) is 16.2. The van der Waals surface area contributed by atoms with Gasteiger partial charge in [-0.15, -0.1) is 5.10 Å². The number of nitrogens with zero attached hydrogens (tertiary/aromatic N) is 6. The minimum Gasteiger partial charge on any atom is -0.323 e. The van der Waals surface area contributed by atoms with Crippen LogP contribution in [0.2, 0.25) is 0 Å². The Morgan fingerprint density at radius 3 is 2.60 bits per heavy atom. The van der Waals surface area contributed by atoms with Crippen LogP contribution < -0.4 is 5.32 Å². The maximum Gasteiger partial charge on any atom is 0.408 e. The molecule has 1 N–H and O–H groups in total. The first-order valence-corrected chi connectivity index (χ1v) is 9.23. The van der Waals surface area contributed by atoms with Crippen LogP contribution in [0, 0.1) is 0 Å². The van der Waals surface area contributed by atoms with E-state index in [0.717, 1.165) is 10.2 Å². The van der Waals surface area contributed by atoms with E-state index in [4.69, 9.17) is 0 Å². The Hall–Kier alpha value is -3.56. The molecule has 0 radical (unpaired) electrons. The molecule has 0 unspecified atom stereocenters. The SMILES string of the molecule is CC(C)c1cnnc(Nc2ccc3ncc(-c4cnn(CC(F)(F)F)c4)cc3n2)c1. The van der Waals surface area contributed by atoms with E-state index in [9.17, 15) is 13.2 Å². The fraction of sp³-hybridized carbons (Fsp3) is 0.250. The number of rotatable bonds is 5. The third-order valence-corrected chi connectivity index (χ3v) is 4.44. The van der Waals surface area contributed by atoms with Crippen LogP contribution in [0.25, 0.3) is 22.2 Å². The van der Waals surface area contributed by atoms with Crippen molar-refractivity contribution in [3.63, 3.8) is 0 Å². The molecule has 30 heavy (non-hydrogen) atoms. The molecule has 4 rings (SSSR count). The average molecular weight is 413 g/mol. The van der Waals surface area contributed by atoms with Gasteiger partial charge in [0.25, 0.3) is 0 Å². The summed E-state index contributed by atoms with van der Waals surface area (Å²) in [6.07, 6.45) is 1.69. The molecule has 0 amide bonds. The minimum absolute atomic E-state index is 0.315. The average Bonchev–Trinajstić information content (AvgIpc) is 3.14. The van der Waals surface area contributed by atoms with Gasteiger partial charge in [0.05, 0.1) is 23.4 Å². The number of hydrogen-bond acceptors (Lipinski definition) is 6. The van der Waals surface area contributed by atoms with Gasteiger partial charge in [-0.1, -0.05) is 13.8 Å². The van der Waals surface area contributed by atoms with Crippen molar-refractivity contribution < 1.29 is 13.2 Å². The summed E-state index contributed by atoms with van der Waals surface area (Å²) < 4.78 is 38.5. The van der Waals surface area contributed by atoms with Crippen LogP contribution in [0.4, 0.5) is 24.8 Å². The quantitative estimate of drug-likeness (QED) is 0.510. The van der Waals surface area contributed by atoms with Crippen molar-refractivity contribution in [2.24, 2.45) is 0 Å².